The summed E-state index contributed by atoms with van der Waals surface area (Å²) in [7, 11) is 0. The van der Waals surface area contributed by atoms with Crippen LogP contribution in [0.1, 0.15) is 17.5 Å². The molecule has 1 aliphatic rings. The number of likely N-dealkylation sites (tertiary alicyclic amines) is 1. The summed E-state index contributed by atoms with van der Waals surface area (Å²) in [6.45, 7) is 5.25. The maximum Gasteiger partial charge on any atom is 0.410 e. The zero-order valence-electron chi connectivity index (χ0n) is 18.5. The predicted octanol–water partition coefficient (Wildman–Crippen LogP) is 3.66. The average molecular weight is 444 g/mol. The molecule has 0 aliphatic carbocycles. The first-order valence-corrected chi connectivity index (χ1v) is 11.2. The van der Waals surface area contributed by atoms with E-state index in [9.17, 15) is 4.79 Å². The third-order valence-corrected chi connectivity index (χ3v) is 5.05. The number of rotatable bonds is 14. The second-order valence-electron chi connectivity index (χ2n) is 7.53. The van der Waals surface area contributed by atoms with E-state index in [0.717, 1.165) is 17.5 Å². The zero-order valence-corrected chi connectivity index (χ0v) is 18.5. The summed E-state index contributed by atoms with van der Waals surface area (Å²) >= 11 is 0. The number of nitrogens with zero attached hydrogens (tertiary/aromatic N) is 1. The average Bonchev–Trinajstić information content (AvgIpc) is 3.31. The number of carbonyl (C=O) groups excluding carboxylic acids is 1. The highest BCUT2D eigenvalue weighted by Crippen LogP contribution is 2.14. The molecular weight excluding hydrogens is 410 g/mol. The van der Waals surface area contributed by atoms with E-state index in [-0.39, 0.29) is 18.8 Å². The van der Waals surface area contributed by atoms with Crippen LogP contribution in [-0.4, -0.2) is 69.8 Å². The van der Waals surface area contributed by atoms with Gasteiger partial charge in [0.25, 0.3) is 0 Å². The first-order valence-electron chi connectivity index (χ1n) is 11.2. The third kappa shape index (κ3) is 9.36. The molecule has 1 aliphatic heterocycles. The topological polar surface area (TPSA) is 66.5 Å². The maximum atomic E-state index is 12.2. The van der Waals surface area contributed by atoms with Crippen molar-refractivity contribution < 1.29 is 28.5 Å². The van der Waals surface area contributed by atoms with Gasteiger partial charge in [0.2, 0.25) is 0 Å². The van der Waals surface area contributed by atoms with Crippen molar-refractivity contribution in [2.75, 3.05) is 52.7 Å². The largest absolute Gasteiger partial charge is 0.445 e. The molecule has 1 atom stereocenters. The van der Waals surface area contributed by atoms with Crippen LogP contribution >= 0.6 is 0 Å². The van der Waals surface area contributed by atoms with E-state index in [1.54, 1.807) is 4.90 Å². The van der Waals surface area contributed by atoms with Crippen molar-refractivity contribution in [2.45, 2.75) is 25.7 Å². The van der Waals surface area contributed by atoms with E-state index < -0.39 is 0 Å². The van der Waals surface area contributed by atoms with Gasteiger partial charge in [-0.25, -0.2) is 4.79 Å². The van der Waals surface area contributed by atoms with Crippen molar-refractivity contribution in [2.24, 2.45) is 0 Å². The fraction of sp³-hybridized carbons (Fsp3) is 0.480. The predicted molar refractivity (Wildman–Crippen MR) is 120 cm³/mol. The number of hydrogen-bond acceptors (Lipinski definition) is 6. The molecule has 0 aromatic heterocycles. The Bertz CT molecular complexity index is 758. The molecule has 32 heavy (non-hydrogen) atoms. The Balaban J connectivity index is 1.11. The van der Waals surface area contributed by atoms with Crippen molar-refractivity contribution >= 4 is 6.09 Å². The second-order valence-corrected chi connectivity index (χ2v) is 7.53. The Morgan fingerprint density at radius 2 is 1.31 bits per heavy atom. The normalized spacial score (nSPS) is 15.8. The Morgan fingerprint density at radius 3 is 1.97 bits per heavy atom. The number of carbonyl (C=O) groups is 1. The van der Waals surface area contributed by atoms with Gasteiger partial charge in [-0.1, -0.05) is 60.7 Å². The van der Waals surface area contributed by atoms with Crippen LogP contribution in [0.4, 0.5) is 4.79 Å². The number of benzene rings is 2. The molecule has 0 spiro atoms. The molecule has 2 aromatic rings. The van der Waals surface area contributed by atoms with Gasteiger partial charge in [0, 0.05) is 6.54 Å². The summed E-state index contributed by atoms with van der Waals surface area (Å²) in [6.07, 6.45) is 0.550. The summed E-state index contributed by atoms with van der Waals surface area (Å²) in [5.41, 5.74) is 2.14. The first kappa shape index (κ1) is 24.2. The molecule has 1 unspecified atom stereocenters. The summed E-state index contributed by atoms with van der Waals surface area (Å²) < 4.78 is 27.8. The Kier molecular flexibility index (Phi) is 11.0. The molecule has 1 heterocycles. The molecule has 0 radical (unpaired) electrons. The third-order valence-electron chi connectivity index (χ3n) is 5.05. The van der Waals surface area contributed by atoms with Crippen molar-refractivity contribution in [3.8, 4) is 0 Å². The van der Waals surface area contributed by atoms with Crippen molar-refractivity contribution in [3.05, 3.63) is 71.8 Å². The van der Waals surface area contributed by atoms with E-state index >= 15 is 0 Å². The Labute approximate surface area is 190 Å². The molecule has 1 fully saturated rings. The van der Waals surface area contributed by atoms with Crippen LogP contribution in [0.2, 0.25) is 0 Å². The molecule has 1 saturated heterocycles. The van der Waals surface area contributed by atoms with Crippen LogP contribution in [0.3, 0.4) is 0 Å². The molecule has 0 bridgehead atoms. The van der Waals surface area contributed by atoms with Gasteiger partial charge < -0.3 is 28.6 Å². The minimum Gasteiger partial charge on any atom is -0.445 e. The molecule has 0 saturated carbocycles. The maximum absolute atomic E-state index is 12.2. The van der Waals surface area contributed by atoms with Crippen molar-refractivity contribution in [1.82, 2.24) is 4.90 Å². The molecule has 0 N–H and O–H groups in total. The quantitative estimate of drug-likeness (QED) is 0.415. The molecule has 7 nitrogen and oxygen atoms in total. The Hall–Kier alpha value is -2.45. The van der Waals surface area contributed by atoms with Crippen LogP contribution in [-0.2, 0) is 36.9 Å². The van der Waals surface area contributed by atoms with Crippen molar-refractivity contribution in [1.29, 1.82) is 0 Å². The van der Waals surface area contributed by atoms with Gasteiger partial charge >= 0.3 is 6.09 Å². The lowest BCUT2D eigenvalue weighted by Gasteiger charge is -2.16. The van der Waals surface area contributed by atoms with Gasteiger partial charge in [-0.3, -0.25) is 0 Å². The van der Waals surface area contributed by atoms with Crippen LogP contribution in [0.5, 0.6) is 0 Å². The van der Waals surface area contributed by atoms with Gasteiger partial charge in [-0.05, 0) is 17.5 Å². The fourth-order valence-electron chi connectivity index (χ4n) is 3.32. The summed E-state index contributed by atoms with van der Waals surface area (Å²) in [5, 5.41) is 0. The van der Waals surface area contributed by atoms with E-state index in [2.05, 4.69) is 0 Å². The van der Waals surface area contributed by atoms with Gasteiger partial charge in [-0.15, -0.1) is 0 Å². The van der Waals surface area contributed by atoms with Crippen molar-refractivity contribution in [3.63, 3.8) is 0 Å². The zero-order chi connectivity index (χ0) is 22.3. The molecular formula is C25H33NO6. The number of hydrogen-bond donors (Lipinski definition) is 0. The molecule has 2 aromatic carbocycles. The highest BCUT2D eigenvalue weighted by atomic mass is 16.6. The minimum atomic E-state index is -0.291. The van der Waals surface area contributed by atoms with E-state index in [4.69, 9.17) is 23.7 Å². The van der Waals surface area contributed by atoms with Gasteiger partial charge in [-0.2, -0.15) is 0 Å². The van der Waals surface area contributed by atoms with Gasteiger partial charge in [0.15, 0.2) is 0 Å². The second kappa shape index (κ2) is 14.6. The smallest absolute Gasteiger partial charge is 0.410 e. The van der Waals surface area contributed by atoms with E-state index in [1.807, 2.05) is 60.7 Å². The Morgan fingerprint density at radius 1 is 0.750 bits per heavy atom. The highest BCUT2D eigenvalue weighted by molar-refractivity contribution is 5.68. The number of amides is 1. The molecule has 3 rings (SSSR count). The van der Waals surface area contributed by atoms with Crippen LogP contribution in [0.25, 0.3) is 0 Å². The minimum absolute atomic E-state index is 0.0286. The lowest BCUT2D eigenvalue weighted by atomic mass is 10.2. The lowest BCUT2D eigenvalue weighted by Crippen LogP contribution is -2.31. The van der Waals surface area contributed by atoms with Crippen LogP contribution in [0.15, 0.2) is 60.7 Å². The lowest BCUT2D eigenvalue weighted by molar-refractivity contribution is -0.0176. The summed E-state index contributed by atoms with van der Waals surface area (Å²) in [6, 6.07) is 19.7. The van der Waals surface area contributed by atoms with E-state index in [1.165, 1.54) is 0 Å². The van der Waals surface area contributed by atoms with Gasteiger partial charge in [0.1, 0.15) is 6.61 Å². The summed E-state index contributed by atoms with van der Waals surface area (Å²) in [5.74, 6) is 0. The summed E-state index contributed by atoms with van der Waals surface area (Å²) in [4.78, 5) is 13.9. The molecule has 7 heteroatoms. The number of ether oxygens (including phenoxy) is 5. The fourth-order valence-corrected chi connectivity index (χ4v) is 3.32. The van der Waals surface area contributed by atoms with Crippen LogP contribution < -0.4 is 0 Å². The molecule has 174 valence electrons. The van der Waals surface area contributed by atoms with Gasteiger partial charge in [0.05, 0.1) is 58.9 Å². The van der Waals surface area contributed by atoms with E-state index in [0.29, 0.717) is 59.3 Å². The standard InChI is InChI=1S/C25H33NO6/c27-25(32-21-23-9-5-2-6-10-23)26-12-11-24(19-26)31-18-17-29-14-13-28-15-16-30-20-22-7-3-1-4-8-22/h1-10,24H,11-21H2. The monoisotopic (exact) mass is 443 g/mol. The molecule has 1 amide bonds. The van der Waals surface area contributed by atoms with Crippen LogP contribution in [0, 0.1) is 0 Å². The highest BCUT2D eigenvalue weighted by Gasteiger charge is 2.27. The first-order chi connectivity index (χ1) is 15.8. The SMILES string of the molecule is O=C(OCc1ccccc1)N1CCC(OCCOCCOCCOCc2ccccc2)C1.